The van der Waals surface area contributed by atoms with Crippen molar-refractivity contribution < 1.29 is 4.42 Å². The van der Waals surface area contributed by atoms with E-state index in [1.807, 2.05) is 20.8 Å². The number of furan rings is 1. The summed E-state index contributed by atoms with van der Waals surface area (Å²) in [6.07, 6.45) is 7.95. The molecule has 118 valence electrons. The Balaban J connectivity index is 0.00000106. The average molecular weight is 288 g/mol. The highest BCUT2D eigenvalue weighted by molar-refractivity contribution is 5.78. The lowest BCUT2D eigenvalue weighted by atomic mass is 10.0. The molecule has 0 aliphatic heterocycles. The number of benzene rings is 1. The summed E-state index contributed by atoms with van der Waals surface area (Å²) < 4.78 is 5.68. The molecular weight excluding hydrogens is 256 g/mol. The van der Waals surface area contributed by atoms with Gasteiger partial charge in [0.05, 0.1) is 0 Å². The van der Waals surface area contributed by atoms with Gasteiger partial charge in [0.25, 0.3) is 0 Å². The second-order valence-electron chi connectivity index (χ2n) is 6.08. The fourth-order valence-corrected chi connectivity index (χ4v) is 2.60. The molecule has 1 heteroatoms. The van der Waals surface area contributed by atoms with Crippen LogP contribution in [-0.4, -0.2) is 0 Å². The van der Waals surface area contributed by atoms with E-state index in [4.69, 9.17) is 4.42 Å². The number of rotatable bonds is 7. The Labute approximate surface area is 130 Å². The van der Waals surface area contributed by atoms with Crippen LogP contribution in [0.15, 0.2) is 28.7 Å². The van der Waals surface area contributed by atoms with Crippen molar-refractivity contribution in [1.29, 1.82) is 0 Å². The van der Waals surface area contributed by atoms with Gasteiger partial charge in [-0.05, 0) is 43.4 Å². The minimum Gasteiger partial charge on any atom is -0.461 e. The van der Waals surface area contributed by atoms with Crippen molar-refractivity contribution >= 4 is 11.0 Å². The molecule has 0 amide bonds. The molecule has 0 N–H and O–H groups in total. The van der Waals surface area contributed by atoms with E-state index in [0.717, 1.165) is 17.3 Å². The van der Waals surface area contributed by atoms with Crippen molar-refractivity contribution in [3.05, 3.63) is 35.6 Å². The number of unbranched alkanes of at least 4 members (excludes halogenated alkanes) is 3. The molecule has 0 spiro atoms. The van der Waals surface area contributed by atoms with Crippen LogP contribution in [0.2, 0.25) is 0 Å². The van der Waals surface area contributed by atoms with Gasteiger partial charge in [-0.25, -0.2) is 0 Å². The Kier molecular flexibility index (Phi) is 8.19. The highest BCUT2D eigenvalue weighted by Crippen LogP contribution is 2.21. The van der Waals surface area contributed by atoms with Crippen LogP contribution >= 0.6 is 0 Å². The van der Waals surface area contributed by atoms with Crippen LogP contribution in [-0.2, 0) is 6.42 Å². The highest BCUT2D eigenvalue weighted by Gasteiger charge is 2.02. The van der Waals surface area contributed by atoms with Crippen molar-refractivity contribution in [2.45, 2.75) is 73.1 Å². The van der Waals surface area contributed by atoms with Gasteiger partial charge in [0.2, 0.25) is 0 Å². The van der Waals surface area contributed by atoms with Crippen LogP contribution in [0.25, 0.3) is 11.0 Å². The molecule has 0 unspecified atom stereocenters. The lowest BCUT2D eigenvalue weighted by Gasteiger charge is -2.04. The zero-order valence-electron chi connectivity index (χ0n) is 14.5. The molecule has 0 fully saturated rings. The van der Waals surface area contributed by atoms with Crippen LogP contribution in [0.1, 0.15) is 71.1 Å². The topological polar surface area (TPSA) is 13.1 Å². The Morgan fingerprint density at radius 1 is 0.952 bits per heavy atom. The van der Waals surface area contributed by atoms with Gasteiger partial charge in [0.1, 0.15) is 11.3 Å². The smallest absolute Gasteiger partial charge is 0.134 e. The van der Waals surface area contributed by atoms with Crippen molar-refractivity contribution in [2.24, 2.45) is 5.92 Å². The van der Waals surface area contributed by atoms with Crippen LogP contribution in [0.3, 0.4) is 0 Å². The third-order valence-electron chi connectivity index (χ3n) is 3.70. The monoisotopic (exact) mass is 288 g/mol. The van der Waals surface area contributed by atoms with Crippen LogP contribution < -0.4 is 0 Å². The molecular formula is C20H32O. The van der Waals surface area contributed by atoms with Gasteiger partial charge in [-0.1, -0.05) is 65.5 Å². The SMILES string of the molecule is CC.Cc1cc2ccc(CCCCCCC(C)C)cc2o1. The minimum absolute atomic E-state index is 0.851. The predicted molar refractivity (Wildman–Crippen MR) is 93.9 cm³/mol. The third kappa shape index (κ3) is 6.37. The first-order chi connectivity index (χ1) is 10.1. The van der Waals surface area contributed by atoms with E-state index in [1.165, 1.54) is 49.5 Å². The number of aryl methyl sites for hydroxylation is 2. The van der Waals surface area contributed by atoms with Gasteiger partial charge in [-0.3, -0.25) is 0 Å². The normalized spacial score (nSPS) is 10.8. The Hall–Kier alpha value is -1.24. The van der Waals surface area contributed by atoms with Gasteiger partial charge in [-0.15, -0.1) is 0 Å². The largest absolute Gasteiger partial charge is 0.461 e. The molecule has 0 aliphatic rings. The molecule has 1 aromatic heterocycles. The highest BCUT2D eigenvalue weighted by atomic mass is 16.3. The van der Waals surface area contributed by atoms with E-state index in [9.17, 15) is 0 Å². The minimum atomic E-state index is 0.851. The fourth-order valence-electron chi connectivity index (χ4n) is 2.60. The summed E-state index contributed by atoms with van der Waals surface area (Å²) in [5.41, 5.74) is 2.44. The van der Waals surface area contributed by atoms with E-state index in [-0.39, 0.29) is 0 Å². The van der Waals surface area contributed by atoms with E-state index in [2.05, 4.69) is 38.1 Å². The Morgan fingerprint density at radius 2 is 1.67 bits per heavy atom. The molecule has 2 aromatic rings. The maximum atomic E-state index is 5.68. The van der Waals surface area contributed by atoms with Crippen LogP contribution in [0.4, 0.5) is 0 Å². The van der Waals surface area contributed by atoms with E-state index in [1.54, 1.807) is 0 Å². The summed E-state index contributed by atoms with van der Waals surface area (Å²) in [5, 5.41) is 1.22. The van der Waals surface area contributed by atoms with Gasteiger partial charge in [0.15, 0.2) is 0 Å². The molecule has 21 heavy (non-hydrogen) atoms. The second kappa shape index (κ2) is 9.65. The average Bonchev–Trinajstić information content (AvgIpc) is 2.84. The molecule has 0 atom stereocenters. The maximum absolute atomic E-state index is 5.68. The summed E-state index contributed by atoms with van der Waals surface area (Å²) in [7, 11) is 0. The maximum Gasteiger partial charge on any atom is 0.134 e. The summed E-state index contributed by atoms with van der Waals surface area (Å²) in [6, 6.07) is 8.73. The van der Waals surface area contributed by atoms with Crippen molar-refractivity contribution in [1.82, 2.24) is 0 Å². The van der Waals surface area contributed by atoms with Crippen molar-refractivity contribution in [2.75, 3.05) is 0 Å². The van der Waals surface area contributed by atoms with Gasteiger partial charge in [-0.2, -0.15) is 0 Å². The van der Waals surface area contributed by atoms with E-state index >= 15 is 0 Å². The standard InChI is InChI=1S/C18H26O.C2H6/c1-14(2)8-6-4-5-7-9-16-10-11-17-12-15(3)19-18(17)13-16;1-2/h10-14H,4-9H2,1-3H3;1-2H3. The molecule has 0 radical (unpaired) electrons. The number of fused-ring (bicyclic) bond motifs is 1. The fraction of sp³-hybridized carbons (Fsp3) is 0.600. The third-order valence-corrected chi connectivity index (χ3v) is 3.70. The lowest BCUT2D eigenvalue weighted by molar-refractivity contribution is 0.520. The zero-order valence-corrected chi connectivity index (χ0v) is 14.5. The quantitative estimate of drug-likeness (QED) is 0.504. The van der Waals surface area contributed by atoms with Gasteiger partial charge >= 0.3 is 0 Å². The molecule has 0 saturated heterocycles. The summed E-state index contributed by atoms with van der Waals surface area (Å²) >= 11 is 0. The van der Waals surface area contributed by atoms with Gasteiger partial charge < -0.3 is 4.42 Å². The molecule has 1 nitrogen and oxygen atoms in total. The Morgan fingerprint density at radius 3 is 2.38 bits per heavy atom. The van der Waals surface area contributed by atoms with Crippen molar-refractivity contribution in [3.8, 4) is 0 Å². The Bertz CT molecular complexity index is 508. The van der Waals surface area contributed by atoms with Crippen molar-refractivity contribution in [3.63, 3.8) is 0 Å². The van der Waals surface area contributed by atoms with Crippen LogP contribution in [0, 0.1) is 12.8 Å². The molecule has 1 heterocycles. The summed E-state index contributed by atoms with van der Waals surface area (Å²) in [4.78, 5) is 0. The van der Waals surface area contributed by atoms with Crippen LogP contribution in [0.5, 0.6) is 0 Å². The van der Waals surface area contributed by atoms with E-state index < -0.39 is 0 Å². The first-order valence-corrected chi connectivity index (χ1v) is 8.64. The second-order valence-corrected chi connectivity index (χ2v) is 6.08. The number of hydrogen-bond donors (Lipinski definition) is 0. The predicted octanol–water partition coefficient (Wildman–Crippen LogP) is 6.92. The zero-order chi connectivity index (χ0) is 15.7. The number of hydrogen-bond acceptors (Lipinski definition) is 1. The summed E-state index contributed by atoms with van der Waals surface area (Å²) in [5.74, 6) is 1.85. The molecule has 1 aromatic carbocycles. The van der Waals surface area contributed by atoms with Gasteiger partial charge in [0, 0.05) is 5.39 Å². The molecule has 2 rings (SSSR count). The molecule has 0 saturated carbocycles. The van der Waals surface area contributed by atoms with E-state index in [0.29, 0.717) is 0 Å². The first kappa shape index (κ1) is 17.8. The summed E-state index contributed by atoms with van der Waals surface area (Å²) in [6.45, 7) is 10.6. The molecule has 0 bridgehead atoms. The lowest BCUT2D eigenvalue weighted by Crippen LogP contribution is -1.89. The first-order valence-electron chi connectivity index (χ1n) is 8.64. The molecule has 0 aliphatic carbocycles.